The topological polar surface area (TPSA) is 134 Å². The maximum atomic E-state index is 13.8. The van der Waals surface area contributed by atoms with Crippen molar-refractivity contribution in [3.63, 3.8) is 0 Å². The van der Waals surface area contributed by atoms with Crippen LogP contribution in [0.25, 0.3) is 11.8 Å². The van der Waals surface area contributed by atoms with E-state index in [0.717, 1.165) is 16.8 Å². The van der Waals surface area contributed by atoms with Crippen LogP contribution < -0.4 is 10.2 Å². The standard InChI is InChI=1S/C29H26ClN7O4/c1-35(2)25-5-3-4-23-22(25)14-15-36(27(23)28(39)32-21-10-6-18(7-11-21)29(40)41)26(38)13-8-19-16-20(30)9-12-24(19)37-17-31-33-34-37/h3-13,16-17,27H,14-15H2,1-2H3,(H,32,39)(H,40,41)/b13-8+. The summed E-state index contributed by atoms with van der Waals surface area (Å²) < 4.78 is 1.46. The number of hydrogen-bond donors (Lipinski definition) is 2. The molecule has 1 aliphatic rings. The Morgan fingerprint density at radius 3 is 2.56 bits per heavy atom. The smallest absolute Gasteiger partial charge is 0.335 e. The fourth-order valence-electron chi connectivity index (χ4n) is 4.89. The Balaban J connectivity index is 1.48. The average Bonchev–Trinajstić information content (AvgIpc) is 3.50. The summed E-state index contributed by atoms with van der Waals surface area (Å²) in [6.45, 7) is 0.312. The van der Waals surface area contributed by atoms with Gasteiger partial charge < -0.3 is 20.2 Å². The quantitative estimate of drug-likeness (QED) is 0.319. The zero-order valence-corrected chi connectivity index (χ0v) is 23.0. The number of nitrogens with zero attached hydrogens (tertiary/aromatic N) is 6. The van der Waals surface area contributed by atoms with Crippen LogP contribution in [0.1, 0.15) is 33.1 Å². The average molecular weight is 572 g/mol. The first-order valence-electron chi connectivity index (χ1n) is 12.7. The van der Waals surface area contributed by atoms with Gasteiger partial charge in [-0.15, -0.1) is 5.10 Å². The van der Waals surface area contributed by atoms with Crippen LogP contribution in [0.3, 0.4) is 0 Å². The van der Waals surface area contributed by atoms with E-state index in [-0.39, 0.29) is 11.5 Å². The van der Waals surface area contributed by atoms with Gasteiger partial charge in [-0.05, 0) is 82.6 Å². The van der Waals surface area contributed by atoms with Crippen LogP contribution in [0.2, 0.25) is 5.02 Å². The first kappa shape index (κ1) is 27.5. The second-order valence-corrected chi connectivity index (χ2v) is 10.0. The third-order valence-electron chi connectivity index (χ3n) is 6.80. The van der Waals surface area contributed by atoms with E-state index < -0.39 is 17.9 Å². The highest BCUT2D eigenvalue weighted by Gasteiger charge is 2.36. The van der Waals surface area contributed by atoms with Crippen molar-refractivity contribution in [2.24, 2.45) is 0 Å². The molecule has 0 spiro atoms. The molecule has 1 atom stereocenters. The predicted octanol–water partition coefficient (Wildman–Crippen LogP) is 3.86. The fourth-order valence-corrected chi connectivity index (χ4v) is 5.07. The van der Waals surface area contributed by atoms with Crippen molar-refractivity contribution in [2.45, 2.75) is 12.5 Å². The molecule has 0 saturated heterocycles. The first-order valence-corrected chi connectivity index (χ1v) is 13.1. The van der Waals surface area contributed by atoms with Crippen molar-refractivity contribution in [1.29, 1.82) is 0 Å². The maximum absolute atomic E-state index is 13.8. The molecule has 3 aromatic carbocycles. The molecule has 1 unspecified atom stereocenters. The van der Waals surface area contributed by atoms with Crippen LogP contribution in [-0.4, -0.2) is 68.6 Å². The summed E-state index contributed by atoms with van der Waals surface area (Å²) in [5.74, 6) is -1.84. The van der Waals surface area contributed by atoms with E-state index in [1.807, 2.05) is 37.2 Å². The highest BCUT2D eigenvalue weighted by atomic mass is 35.5. The van der Waals surface area contributed by atoms with Crippen molar-refractivity contribution in [3.05, 3.63) is 100 Å². The molecule has 11 nitrogen and oxygen atoms in total. The second kappa shape index (κ2) is 11.6. The summed E-state index contributed by atoms with van der Waals surface area (Å²) in [5.41, 5.74) is 4.45. The minimum absolute atomic E-state index is 0.102. The Labute approximate surface area is 240 Å². The second-order valence-electron chi connectivity index (χ2n) is 9.59. The molecule has 5 rings (SSSR count). The third-order valence-corrected chi connectivity index (χ3v) is 7.04. The highest BCUT2D eigenvalue weighted by molar-refractivity contribution is 6.30. The van der Waals surface area contributed by atoms with Crippen LogP contribution in [0.5, 0.6) is 0 Å². The van der Waals surface area contributed by atoms with Gasteiger partial charge in [-0.1, -0.05) is 23.7 Å². The number of carbonyl (C=O) groups is 3. The third kappa shape index (κ3) is 5.80. The van der Waals surface area contributed by atoms with E-state index in [0.29, 0.717) is 34.9 Å². The van der Waals surface area contributed by atoms with E-state index in [1.165, 1.54) is 46.3 Å². The Kier molecular flexibility index (Phi) is 7.79. The molecule has 1 aliphatic heterocycles. The van der Waals surface area contributed by atoms with E-state index in [9.17, 15) is 19.5 Å². The Morgan fingerprint density at radius 2 is 1.88 bits per heavy atom. The number of tetrazole rings is 1. The van der Waals surface area contributed by atoms with E-state index >= 15 is 0 Å². The lowest BCUT2D eigenvalue weighted by Crippen LogP contribution is -2.45. The number of benzene rings is 3. The monoisotopic (exact) mass is 571 g/mol. The molecule has 2 amide bonds. The van der Waals surface area contributed by atoms with Crippen LogP contribution >= 0.6 is 11.6 Å². The zero-order valence-electron chi connectivity index (χ0n) is 22.2. The van der Waals surface area contributed by atoms with Gasteiger partial charge >= 0.3 is 5.97 Å². The van der Waals surface area contributed by atoms with E-state index in [2.05, 4.69) is 20.8 Å². The molecule has 4 aromatic rings. The summed E-state index contributed by atoms with van der Waals surface area (Å²) in [6.07, 6.45) is 5.03. The highest BCUT2D eigenvalue weighted by Crippen LogP contribution is 2.36. The number of amides is 2. The van der Waals surface area contributed by atoms with Crippen molar-refractivity contribution < 1.29 is 19.5 Å². The largest absolute Gasteiger partial charge is 0.478 e. The fraction of sp³-hybridized carbons (Fsp3) is 0.172. The van der Waals surface area contributed by atoms with E-state index in [4.69, 9.17) is 11.6 Å². The van der Waals surface area contributed by atoms with E-state index in [1.54, 1.807) is 24.3 Å². The van der Waals surface area contributed by atoms with Gasteiger partial charge in [0.15, 0.2) is 0 Å². The van der Waals surface area contributed by atoms with Gasteiger partial charge in [-0.3, -0.25) is 9.59 Å². The molecule has 2 N–H and O–H groups in total. The number of carboxylic acid groups (broad SMARTS) is 1. The molecular weight excluding hydrogens is 546 g/mol. The molecule has 1 aromatic heterocycles. The number of aromatic nitrogens is 4. The van der Waals surface area contributed by atoms with Crippen molar-refractivity contribution >= 4 is 46.8 Å². The van der Waals surface area contributed by atoms with Crippen molar-refractivity contribution in [1.82, 2.24) is 25.1 Å². The van der Waals surface area contributed by atoms with Crippen LogP contribution in [0.15, 0.2) is 73.1 Å². The first-order chi connectivity index (χ1) is 19.7. The number of nitrogens with one attached hydrogen (secondary N) is 1. The molecule has 0 aliphatic carbocycles. The SMILES string of the molecule is CN(C)c1cccc2c1CCN(C(=O)/C=C/c1cc(Cl)ccc1-n1cnnn1)C2C(=O)Nc1ccc(C(=O)O)cc1. The number of halogens is 1. The minimum atomic E-state index is -1.06. The molecule has 208 valence electrons. The predicted molar refractivity (Wildman–Crippen MR) is 154 cm³/mol. The van der Waals surface area contributed by atoms with Gasteiger partial charge in [0.2, 0.25) is 5.91 Å². The number of anilines is 2. The lowest BCUT2D eigenvalue weighted by molar-refractivity contribution is -0.135. The van der Waals surface area contributed by atoms with Crippen molar-refractivity contribution in [3.8, 4) is 5.69 Å². The number of fused-ring (bicyclic) bond motifs is 1. The summed E-state index contributed by atoms with van der Waals surface area (Å²) in [7, 11) is 3.87. The Morgan fingerprint density at radius 1 is 1.10 bits per heavy atom. The molecular formula is C29H26ClN7O4. The maximum Gasteiger partial charge on any atom is 0.335 e. The van der Waals surface area contributed by atoms with Crippen LogP contribution in [0.4, 0.5) is 11.4 Å². The number of hydrogen-bond acceptors (Lipinski definition) is 7. The molecule has 0 saturated carbocycles. The van der Waals surface area contributed by atoms with Gasteiger partial charge in [0.25, 0.3) is 5.91 Å². The Hall–Kier alpha value is -5.03. The number of rotatable bonds is 7. The molecule has 12 heteroatoms. The van der Waals surface area contributed by atoms with Gasteiger partial charge in [-0.25, -0.2) is 4.79 Å². The number of carbonyl (C=O) groups excluding carboxylic acids is 2. The van der Waals surface area contributed by atoms with Crippen molar-refractivity contribution in [2.75, 3.05) is 30.9 Å². The zero-order chi connectivity index (χ0) is 29.1. The summed E-state index contributed by atoms with van der Waals surface area (Å²) in [4.78, 5) is 42.2. The van der Waals surface area contributed by atoms with Gasteiger partial charge in [0.1, 0.15) is 12.4 Å². The molecule has 41 heavy (non-hydrogen) atoms. The van der Waals surface area contributed by atoms with Gasteiger partial charge in [0, 0.05) is 48.7 Å². The molecule has 0 fully saturated rings. The minimum Gasteiger partial charge on any atom is -0.478 e. The molecule has 2 heterocycles. The Bertz CT molecular complexity index is 1640. The lowest BCUT2D eigenvalue weighted by Gasteiger charge is -2.37. The number of aromatic carboxylic acids is 1. The normalized spacial score (nSPS) is 14.5. The van der Waals surface area contributed by atoms with Gasteiger partial charge in [-0.2, -0.15) is 4.68 Å². The molecule has 0 radical (unpaired) electrons. The van der Waals surface area contributed by atoms with Crippen LogP contribution in [0, 0.1) is 0 Å². The summed E-state index contributed by atoms with van der Waals surface area (Å²) >= 11 is 6.23. The van der Waals surface area contributed by atoms with Crippen LogP contribution in [-0.2, 0) is 16.0 Å². The summed E-state index contributed by atoms with van der Waals surface area (Å²) in [5, 5.41) is 23.8. The summed E-state index contributed by atoms with van der Waals surface area (Å²) in [6, 6.07) is 15.8. The number of carboxylic acids is 1. The molecule has 0 bridgehead atoms. The van der Waals surface area contributed by atoms with Gasteiger partial charge in [0.05, 0.1) is 11.3 Å². The lowest BCUT2D eigenvalue weighted by atomic mass is 9.90.